The molecular formula is C14H7Cl2F5. The van der Waals surface area contributed by atoms with Crippen LogP contribution >= 0.6 is 23.2 Å². The zero-order chi connectivity index (χ0) is 15.8. The molecule has 0 aromatic heterocycles. The highest BCUT2D eigenvalue weighted by molar-refractivity contribution is 6.42. The van der Waals surface area contributed by atoms with Crippen molar-refractivity contribution >= 4 is 23.2 Å². The summed E-state index contributed by atoms with van der Waals surface area (Å²) in [4.78, 5) is 0. The first-order valence-electron chi connectivity index (χ1n) is 5.65. The Morgan fingerprint density at radius 1 is 0.857 bits per heavy atom. The van der Waals surface area contributed by atoms with Crippen molar-refractivity contribution in [2.24, 2.45) is 0 Å². The van der Waals surface area contributed by atoms with Crippen LogP contribution in [0.5, 0.6) is 0 Å². The Morgan fingerprint density at radius 2 is 1.52 bits per heavy atom. The summed E-state index contributed by atoms with van der Waals surface area (Å²) in [6.07, 6.45) is -7.53. The maximum Gasteiger partial charge on any atom is 0.417 e. The van der Waals surface area contributed by atoms with E-state index in [1.807, 2.05) is 0 Å². The molecule has 7 heteroatoms. The highest BCUT2D eigenvalue weighted by Crippen LogP contribution is 2.40. The number of benzene rings is 2. The van der Waals surface area contributed by atoms with Crippen LogP contribution in [0.2, 0.25) is 10.0 Å². The van der Waals surface area contributed by atoms with E-state index in [2.05, 4.69) is 0 Å². The zero-order valence-corrected chi connectivity index (χ0v) is 11.7. The van der Waals surface area contributed by atoms with E-state index in [0.29, 0.717) is 6.07 Å². The molecule has 0 N–H and O–H groups in total. The molecule has 0 fully saturated rings. The molecule has 0 atom stereocenters. The summed E-state index contributed by atoms with van der Waals surface area (Å²) in [5.41, 5.74) is -1.80. The van der Waals surface area contributed by atoms with Crippen LogP contribution in [0.1, 0.15) is 17.6 Å². The van der Waals surface area contributed by atoms with E-state index < -0.39 is 23.7 Å². The van der Waals surface area contributed by atoms with E-state index in [1.165, 1.54) is 18.2 Å². The highest BCUT2D eigenvalue weighted by atomic mass is 35.5. The molecule has 0 saturated heterocycles. The van der Waals surface area contributed by atoms with Gasteiger partial charge in [0.1, 0.15) is 0 Å². The summed E-state index contributed by atoms with van der Waals surface area (Å²) in [5.74, 6) is 0. The molecule has 112 valence electrons. The predicted octanol–water partition coefficient (Wildman–Crippen LogP) is 6.62. The maximum atomic E-state index is 13.0. The van der Waals surface area contributed by atoms with Gasteiger partial charge in [0.15, 0.2) is 0 Å². The molecule has 0 nitrogen and oxygen atoms in total. The first-order valence-corrected chi connectivity index (χ1v) is 6.40. The van der Waals surface area contributed by atoms with E-state index in [-0.39, 0.29) is 21.2 Å². The molecule has 0 heterocycles. The minimum absolute atomic E-state index is 0.0461. The number of halogens is 7. The summed E-state index contributed by atoms with van der Waals surface area (Å²) >= 11 is 11.5. The number of hydrogen-bond donors (Lipinski definition) is 0. The van der Waals surface area contributed by atoms with Gasteiger partial charge in [-0.05, 0) is 35.4 Å². The molecule has 0 radical (unpaired) electrons. The van der Waals surface area contributed by atoms with Crippen molar-refractivity contribution in [2.75, 3.05) is 0 Å². The molecule has 0 saturated carbocycles. The van der Waals surface area contributed by atoms with Crippen LogP contribution in [0.25, 0.3) is 11.1 Å². The fourth-order valence-electron chi connectivity index (χ4n) is 1.85. The lowest BCUT2D eigenvalue weighted by Gasteiger charge is -2.15. The largest absolute Gasteiger partial charge is 0.417 e. The van der Waals surface area contributed by atoms with Gasteiger partial charge in [-0.3, -0.25) is 0 Å². The second-order valence-corrected chi connectivity index (χ2v) is 5.05. The minimum atomic E-state index is -4.66. The van der Waals surface area contributed by atoms with Gasteiger partial charge in [0.05, 0.1) is 15.6 Å². The van der Waals surface area contributed by atoms with Gasteiger partial charge >= 0.3 is 6.18 Å². The fraction of sp³-hybridized carbons (Fsp3) is 0.143. The lowest BCUT2D eigenvalue weighted by atomic mass is 9.97. The van der Waals surface area contributed by atoms with E-state index in [1.54, 1.807) is 0 Å². The van der Waals surface area contributed by atoms with Crippen LogP contribution in [0, 0.1) is 0 Å². The van der Waals surface area contributed by atoms with Crippen molar-refractivity contribution in [3.63, 3.8) is 0 Å². The molecule has 2 rings (SSSR count). The Balaban J connectivity index is 2.68. The van der Waals surface area contributed by atoms with E-state index in [0.717, 1.165) is 12.1 Å². The summed E-state index contributed by atoms with van der Waals surface area (Å²) < 4.78 is 64.4. The SMILES string of the molecule is FC(F)c1ccc(C(F)(F)F)c(-c2ccc(Cl)c(Cl)c2)c1. The standard InChI is InChI=1S/C14H7Cl2F5/c15-11-4-2-7(6-12(11)16)9-5-8(13(17)18)1-3-10(9)14(19,20)21/h1-6,13H. The van der Waals surface area contributed by atoms with Gasteiger partial charge in [-0.15, -0.1) is 0 Å². The van der Waals surface area contributed by atoms with Crippen molar-refractivity contribution in [3.8, 4) is 11.1 Å². The Morgan fingerprint density at radius 3 is 2.05 bits per heavy atom. The third kappa shape index (κ3) is 3.47. The molecule has 0 unspecified atom stereocenters. The highest BCUT2D eigenvalue weighted by Gasteiger charge is 2.34. The summed E-state index contributed by atoms with van der Waals surface area (Å²) in [6, 6.07) is 6.03. The second kappa shape index (κ2) is 5.81. The molecule has 2 aromatic rings. The van der Waals surface area contributed by atoms with Crippen molar-refractivity contribution < 1.29 is 22.0 Å². The summed E-state index contributed by atoms with van der Waals surface area (Å²) in [5, 5.41) is 0.212. The average molecular weight is 341 g/mol. The monoisotopic (exact) mass is 340 g/mol. The van der Waals surface area contributed by atoms with Gasteiger partial charge in [0.2, 0.25) is 0 Å². The average Bonchev–Trinajstić information content (AvgIpc) is 2.40. The third-order valence-electron chi connectivity index (χ3n) is 2.83. The molecular weight excluding hydrogens is 334 g/mol. The van der Waals surface area contributed by atoms with E-state index >= 15 is 0 Å². The molecule has 0 aliphatic heterocycles. The Labute approximate surface area is 127 Å². The molecule has 0 amide bonds. The molecule has 0 spiro atoms. The molecule has 0 bridgehead atoms. The van der Waals surface area contributed by atoms with Crippen LogP contribution in [0.4, 0.5) is 22.0 Å². The minimum Gasteiger partial charge on any atom is -0.205 e. The molecule has 0 aliphatic rings. The number of hydrogen-bond acceptors (Lipinski definition) is 0. The van der Waals surface area contributed by atoms with Crippen LogP contribution in [-0.2, 0) is 6.18 Å². The Bertz CT molecular complexity index is 665. The van der Waals surface area contributed by atoms with Crippen LogP contribution in [-0.4, -0.2) is 0 Å². The van der Waals surface area contributed by atoms with Crippen molar-refractivity contribution in [1.82, 2.24) is 0 Å². The van der Waals surface area contributed by atoms with Gasteiger partial charge in [-0.2, -0.15) is 13.2 Å². The van der Waals surface area contributed by atoms with Crippen molar-refractivity contribution in [1.29, 1.82) is 0 Å². The summed E-state index contributed by atoms with van der Waals surface area (Å²) in [6.45, 7) is 0. The Hall–Kier alpha value is -1.33. The van der Waals surface area contributed by atoms with Gasteiger partial charge in [-0.1, -0.05) is 35.3 Å². The van der Waals surface area contributed by atoms with Crippen molar-refractivity contribution in [2.45, 2.75) is 12.6 Å². The molecule has 0 aliphatic carbocycles. The van der Waals surface area contributed by atoms with Gasteiger partial charge < -0.3 is 0 Å². The molecule has 21 heavy (non-hydrogen) atoms. The smallest absolute Gasteiger partial charge is 0.205 e. The van der Waals surface area contributed by atoms with E-state index in [9.17, 15) is 22.0 Å². The van der Waals surface area contributed by atoms with Gasteiger partial charge in [0, 0.05) is 5.56 Å². The van der Waals surface area contributed by atoms with Crippen LogP contribution in [0.15, 0.2) is 36.4 Å². The predicted molar refractivity (Wildman–Crippen MR) is 71.9 cm³/mol. The zero-order valence-electron chi connectivity index (χ0n) is 10.2. The third-order valence-corrected chi connectivity index (χ3v) is 3.57. The molecule has 2 aromatic carbocycles. The maximum absolute atomic E-state index is 13.0. The van der Waals surface area contributed by atoms with Crippen molar-refractivity contribution in [3.05, 3.63) is 57.6 Å². The Kier molecular flexibility index (Phi) is 4.44. The second-order valence-electron chi connectivity index (χ2n) is 4.23. The fourth-order valence-corrected chi connectivity index (χ4v) is 2.15. The number of rotatable bonds is 2. The first-order chi connectivity index (χ1) is 9.70. The normalized spacial score (nSPS) is 12.0. The quantitative estimate of drug-likeness (QED) is 0.539. The lowest BCUT2D eigenvalue weighted by Crippen LogP contribution is -2.07. The first kappa shape index (κ1) is 16.0. The number of alkyl halides is 5. The topological polar surface area (TPSA) is 0 Å². The van der Waals surface area contributed by atoms with Gasteiger partial charge in [0.25, 0.3) is 6.43 Å². The lowest BCUT2D eigenvalue weighted by molar-refractivity contribution is -0.137. The van der Waals surface area contributed by atoms with Crippen LogP contribution in [0.3, 0.4) is 0 Å². The van der Waals surface area contributed by atoms with Crippen LogP contribution < -0.4 is 0 Å². The summed E-state index contributed by atoms with van der Waals surface area (Å²) in [7, 11) is 0. The van der Waals surface area contributed by atoms with Gasteiger partial charge in [-0.25, -0.2) is 8.78 Å². The van der Waals surface area contributed by atoms with E-state index in [4.69, 9.17) is 23.2 Å².